The van der Waals surface area contributed by atoms with E-state index in [1.165, 1.54) is 0 Å². The summed E-state index contributed by atoms with van der Waals surface area (Å²) in [5, 5.41) is 6.16. The summed E-state index contributed by atoms with van der Waals surface area (Å²) in [5.41, 5.74) is 5.08. The number of aryl methyl sites for hydroxylation is 3. The molecule has 6 heteroatoms. The van der Waals surface area contributed by atoms with Gasteiger partial charge in [-0.25, -0.2) is 9.97 Å². The fourth-order valence-electron chi connectivity index (χ4n) is 2.88. The van der Waals surface area contributed by atoms with Gasteiger partial charge >= 0.3 is 0 Å². The lowest BCUT2D eigenvalue weighted by atomic mass is 10.1. The minimum Gasteiger partial charge on any atom is -0.495 e. The molecule has 0 aliphatic heterocycles. The van der Waals surface area contributed by atoms with Crippen molar-refractivity contribution in [3.05, 3.63) is 70.7 Å². The second-order valence-corrected chi connectivity index (χ2v) is 6.72. The first kappa shape index (κ1) is 19.4. The molecular formula is C22H24N4O2. The van der Waals surface area contributed by atoms with E-state index in [9.17, 15) is 4.79 Å². The van der Waals surface area contributed by atoms with Crippen LogP contribution in [0, 0.1) is 27.7 Å². The molecule has 0 saturated heterocycles. The Labute approximate surface area is 165 Å². The fraction of sp³-hybridized carbons (Fsp3) is 0.227. The molecule has 1 heterocycles. The van der Waals surface area contributed by atoms with Gasteiger partial charge in [0.2, 0.25) is 0 Å². The van der Waals surface area contributed by atoms with Crippen LogP contribution in [0.3, 0.4) is 0 Å². The predicted molar refractivity (Wildman–Crippen MR) is 112 cm³/mol. The van der Waals surface area contributed by atoms with Crippen molar-refractivity contribution < 1.29 is 9.53 Å². The Morgan fingerprint density at radius 1 is 0.964 bits per heavy atom. The third kappa shape index (κ3) is 4.28. The van der Waals surface area contributed by atoms with Crippen LogP contribution in [-0.2, 0) is 0 Å². The first-order valence-electron chi connectivity index (χ1n) is 9.02. The molecule has 1 amide bonds. The number of methoxy groups -OCH3 is 1. The molecule has 0 bridgehead atoms. The van der Waals surface area contributed by atoms with Crippen LogP contribution in [0.4, 0.5) is 17.2 Å². The molecule has 0 spiro atoms. The molecule has 0 aliphatic rings. The maximum Gasteiger partial charge on any atom is 0.274 e. The molecule has 0 fully saturated rings. The molecule has 144 valence electrons. The third-order valence-electron chi connectivity index (χ3n) is 4.54. The first-order valence-corrected chi connectivity index (χ1v) is 9.02. The van der Waals surface area contributed by atoms with Crippen molar-refractivity contribution in [2.24, 2.45) is 0 Å². The maximum absolute atomic E-state index is 12.8. The van der Waals surface area contributed by atoms with Crippen molar-refractivity contribution >= 4 is 23.1 Å². The molecule has 0 aliphatic carbocycles. The number of aromatic nitrogens is 2. The third-order valence-corrected chi connectivity index (χ3v) is 4.54. The molecule has 1 aromatic heterocycles. The lowest BCUT2D eigenvalue weighted by molar-refractivity contribution is 0.102. The van der Waals surface area contributed by atoms with E-state index in [0.29, 0.717) is 23.1 Å². The highest BCUT2D eigenvalue weighted by molar-refractivity contribution is 6.03. The summed E-state index contributed by atoms with van der Waals surface area (Å²) in [4.78, 5) is 21.4. The Morgan fingerprint density at radius 2 is 1.75 bits per heavy atom. The minimum absolute atomic E-state index is 0.279. The van der Waals surface area contributed by atoms with Gasteiger partial charge in [0.15, 0.2) is 0 Å². The molecular weight excluding hydrogens is 352 g/mol. The van der Waals surface area contributed by atoms with E-state index in [0.717, 1.165) is 28.1 Å². The molecule has 3 rings (SSSR count). The van der Waals surface area contributed by atoms with Crippen LogP contribution in [-0.4, -0.2) is 23.0 Å². The normalized spacial score (nSPS) is 10.5. The summed E-state index contributed by atoms with van der Waals surface area (Å²) < 4.78 is 5.40. The van der Waals surface area contributed by atoms with Gasteiger partial charge in [0.05, 0.1) is 12.8 Å². The average Bonchev–Trinajstić information content (AvgIpc) is 2.65. The second kappa shape index (κ2) is 8.08. The number of nitrogens with one attached hydrogen (secondary N) is 2. The van der Waals surface area contributed by atoms with Gasteiger partial charge in [0.25, 0.3) is 5.91 Å². The molecule has 0 saturated carbocycles. The number of rotatable bonds is 5. The van der Waals surface area contributed by atoms with Crippen molar-refractivity contribution in [2.45, 2.75) is 27.7 Å². The van der Waals surface area contributed by atoms with Crippen LogP contribution in [0.2, 0.25) is 0 Å². The molecule has 2 aromatic carbocycles. The predicted octanol–water partition coefficient (Wildman–Crippen LogP) is 4.71. The number of ether oxygens (including phenoxy) is 1. The van der Waals surface area contributed by atoms with Gasteiger partial charge in [0.1, 0.15) is 23.1 Å². The largest absolute Gasteiger partial charge is 0.495 e. The SMILES string of the molecule is COc1ccc(C)cc1Nc1cc(C(=O)Nc2cccc(C)c2C)nc(C)n1. The minimum atomic E-state index is -0.279. The summed E-state index contributed by atoms with van der Waals surface area (Å²) in [6.07, 6.45) is 0. The highest BCUT2D eigenvalue weighted by atomic mass is 16.5. The van der Waals surface area contributed by atoms with Gasteiger partial charge in [-0.3, -0.25) is 4.79 Å². The molecule has 0 atom stereocenters. The molecule has 3 aromatic rings. The van der Waals surface area contributed by atoms with Crippen molar-refractivity contribution in [3.8, 4) is 5.75 Å². The second-order valence-electron chi connectivity index (χ2n) is 6.72. The lowest BCUT2D eigenvalue weighted by Crippen LogP contribution is -2.16. The maximum atomic E-state index is 12.8. The number of nitrogens with zero attached hydrogens (tertiary/aromatic N) is 2. The van der Waals surface area contributed by atoms with E-state index >= 15 is 0 Å². The van der Waals surface area contributed by atoms with Crippen LogP contribution < -0.4 is 15.4 Å². The van der Waals surface area contributed by atoms with Crippen LogP contribution in [0.25, 0.3) is 0 Å². The number of amides is 1. The van der Waals surface area contributed by atoms with Crippen molar-refractivity contribution in [3.63, 3.8) is 0 Å². The van der Waals surface area contributed by atoms with E-state index in [-0.39, 0.29) is 5.91 Å². The van der Waals surface area contributed by atoms with Gasteiger partial charge in [-0.15, -0.1) is 0 Å². The van der Waals surface area contributed by atoms with E-state index < -0.39 is 0 Å². The van der Waals surface area contributed by atoms with Crippen LogP contribution in [0.15, 0.2) is 42.5 Å². The number of carbonyl (C=O) groups excluding carboxylic acids is 1. The van der Waals surface area contributed by atoms with Gasteiger partial charge < -0.3 is 15.4 Å². The van der Waals surface area contributed by atoms with Crippen LogP contribution in [0.5, 0.6) is 5.75 Å². The average molecular weight is 376 g/mol. The summed E-state index contributed by atoms with van der Waals surface area (Å²) >= 11 is 0. The van der Waals surface area contributed by atoms with Crippen LogP contribution in [0.1, 0.15) is 33.0 Å². The Kier molecular flexibility index (Phi) is 5.59. The zero-order chi connectivity index (χ0) is 20.3. The zero-order valence-electron chi connectivity index (χ0n) is 16.8. The Hall–Kier alpha value is -3.41. The molecule has 28 heavy (non-hydrogen) atoms. The zero-order valence-corrected chi connectivity index (χ0v) is 16.8. The van der Waals surface area contributed by atoms with Gasteiger partial charge in [-0.05, 0) is 62.6 Å². The smallest absolute Gasteiger partial charge is 0.274 e. The van der Waals surface area contributed by atoms with Crippen molar-refractivity contribution in [2.75, 3.05) is 17.7 Å². The fourth-order valence-corrected chi connectivity index (χ4v) is 2.88. The quantitative estimate of drug-likeness (QED) is 0.674. The summed E-state index contributed by atoms with van der Waals surface area (Å²) in [5.74, 6) is 1.45. The summed E-state index contributed by atoms with van der Waals surface area (Å²) in [6, 6.07) is 13.3. The van der Waals surface area contributed by atoms with Crippen LogP contribution >= 0.6 is 0 Å². The topological polar surface area (TPSA) is 76.1 Å². The molecule has 0 unspecified atom stereocenters. The first-order chi connectivity index (χ1) is 13.4. The van der Waals surface area contributed by atoms with E-state index in [1.54, 1.807) is 20.1 Å². The van der Waals surface area contributed by atoms with E-state index in [1.807, 2.05) is 57.2 Å². The lowest BCUT2D eigenvalue weighted by Gasteiger charge is -2.13. The van der Waals surface area contributed by atoms with Crippen molar-refractivity contribution in [1.29, 1.82) is 0 Å². The Bertz CT molecular complexity index is 1030. The summed E-state index contributed by atoms with van der Waals surface area (Å²) in [6.45, 7) is 7.75. The Balaban J connectivity index is 1.88. The summed E-state index contributed by atoms with van der Waals surface area (Å²) in [7, 11) is 1.62. The number of hydrogen-bond acceptors (Lipinski definition) is 5. The monoisotopic (exact) mass is 376 g/mol. The van der Waals surface area contributed by atoms with Gasteiger partial charge in [-0.1, -0.05) is 18.2 Å². The highest BCUT2D eigenvalue weighted by Gasteiger charge is 2.13. The number of hydrogen-bond donors (Lipinski definition) is 2. The molecule has 2 N–H and O–H groups in total. The number of benzene rings is 2. The number of carbonyl (C=O) groups is 1. The van der Waals surface area contributed by atoms with Gasteiger partial charge in [0, 0.05) is 11.8 Å². The number of anilines is 3. The highest BCUT2D eigenvalue weighted by Crippen LogP contribution is 2.28. The van der Waals surface area contributed by atoms with E-state index in [2.05, 4.69) is 20.6 Å². The Morgan fingerprint density at radius 3 is 2.50 bits per heavy atom. The molecule has 6 nitrogen and oxygen atoms in total. The van der Waals surface area contributed by atoms with Crippen molar-refractivity contribution in [1.82, 2.24) is 9.97 Å². The van der Waals surface area contributed by atoms with E-state index in [4.69, 9.17) is 4.74 Å². The standard InChI is InChI=1S/C22H24N4O2/c1-13-9-10-20(28-5)18(11-13)25-21-12-19(23-16(4)24-21)22(27)26-17-8-6-7-14(2)15(17)3/h6-12H,1-5H3,(H,26,27)(H,23,24,25). The molecule has 0 radical (unpaired) electrons. The van der Waals surface area contributed by atoms with Gasteiger partial charge in [-0.2, -0.15) is 0 Å².